The Hall–Kier alpha value is -2.87. The minimum atomic E-state index is -0.294. The summed E-state index contributed by atoms with van der Waals surface area (Å²) in [5.74, 6) is -0.294. The zero-order valence-electron chi connectivity index (χ0n) is 18.8. The number of rotatable bonds is 5. The fraction of sp³-hybridized carbons (Fsp3) is 0.320. The largest absolute Gasteiger partial charge is 0.304 e. The molecule has 1 saturated heterocycles. The van der Waals surface area contributed by atoms with Gasteiger partial charge in [0.1, 0.15) is 17.2 Å². The van der Waals surface area contributed by atoms with Crippen LogP contribution in [0.25, 0.3) is 33.5 Å². The summed E-state index contributed by atoms with van der Waals surface area (Å²) in [5.41, 5.74) is 3.49. The van der Waals surface area contributed by atoms with Crippen LogP contribution < -0.4 is 0 Å². The van der Waals surface area contributed by atoms with E-state index in [1.807, 2.05) is 41.1 Å². The van der Waals surface area contributed by atoms with E-state index in [0.717, 1.165) is 38.3 Å². The minimum Gasteiger partial charge on any atom is -0.304 e. The van der Waals surface area contributed by atoms with Crippen LogP contribution in [0.5, 0.6) is 0 Å². The Morgan fingerprint density at radius 1 is 0.909 bits per heavy atom. The number of piperazine rings is 1. The van der Waals surface area contributed by atoms with E-state index in [-0.39, 0.29) is 5.82 Å². The first-order chi connectivity index (χ1) is 16.0. The number of nitrogens with zero attached hydrogens (tertiary/aromatic N) is 6. The molecule has 33 heavy (non-hydrogen) atoms. The molecule has 0 atom stereocenters. The number of aromatic nitrogens is 4. The average Bonchev–Trinajstić information content (AvgIpc) is 3.20. The molecule has 0 saturated carbocycles. The summed E-state index contributed by atoms with van der Waals surface area (Å²) in [7, 11) is 2.14. The van der Waals surface area contributed by atoms with E-state index in [1.165, 1.54) is 0 Å². The number of hydrogen-bond donors (Lipinski definition) is 0. The lowest BCUT2D eigenvalue weighted by Gasteiger charge is -2.32. The summed E-state index contributed by atoms with van der Waals surface area (Å²) in [6.45, 7) is 7.34. The molecule has 3 heterocycles. The molecule has 1 aliphatic heterocycles. The van der Waals surface area contributed by atoms with Crippen LogP contribution in [0.2, 0.25) is 5.02 Å². The van der Waals surface area contributed by atoms with Crippen molar-refractivity contribution < 1.29 is 4.39 Å². The SMILES string of the molecule is Cc1cccc(-c2nn(CCN3CCN(C)CC3)c3nnc(-c4ccccc4)c(Cl)c23)c1F. The molecule has 0 unspecified atom stereocenters. The fourth-order valence-corrected chi connectivity index (χ4v) is 4.60. The molecule has 5 rings (SSSR count). The van der Waals surface area contributed by atoms with Gasteiger partial charge in [-0.25, -0.2) is 9.07 Å². The Balaban J connectivity index is 1.61. The van der Waals surface area contributed by atoms with Crippen molar-refractivity contribution in [3.8, 4) is 22.5 Å². The number of aryl methyl sites for hydroxylation is 1. The van der Waals surface area contributed by atoms with Crippen molar-refractivity contribution in [1.29, 1.82) is 0 Å². The van der Waals surface area contributed by atoms with Crippen molar-refractivity contribution in [2.75, 3.05) is 39.8 Å². The molecule has 0 spiro atoms. The lowest BCUT2D eigenvalue weighted by Crippen LogP contribution is -2.45. The Morgan fingerprint density at radius 2 is 1.67 bits per heavy atom. The standard InChI is InChI=1S/C25H26ClFN6/c1-17-7-6-10-19(22(17)27)24-20-21(26)23(18-8-4-3-5-9-18)28-29-25(20)33(30-24)16-15-32-13-11-31(2)12-14-32/h3-10H,11-16H2,1-2H3. The van der Waals surface area contributed by atoms with E-state index in [0.29, 0.717) is 45.1 Å². The third-order valence-electron chi connectivity index (χ3n) is 6.32. The van der Waals surface area contributed by atoms with Crippen LogP contribution in [0.15, 0.2) is 48.5 Å². The van der Waals surface area contributed by atoms with E-state index in [2.05, 4.69) is 27.0 Å². The van der Waals surface area contributed by atoms with E-state index in [4.69, 9.17) is 16.7 Å². The molecule has 0 bridgehead atoms. The first-order valence-corrected chi connectivity index (χ1v) is 11.5. The van der Waals surface area contributed by atoms with E-state index in [1.54, 1.807) is 19.1 Å². The Labute approximate surface area is 197 Å². The number of likely N-dealkylation sites (N-methyl/N-ethyl adjacent to an activating group) is 1. The summed E-state index contributed by atoms with van der Waals surface area (Å²) in [6.07, 6.45) is 0. The highest BCUT2D eigenvalue weighted by atomic mass is 35.5. The van der Waals surface area contributed by atoms with Gasteiger partial charge in [0.2, 0.25) is 0 Å². The van der Waals surface area contributed by atoms with Crippen LogP contribution >= 0.6 is 11.6 Å². The highest BCUT2D eigenvalue weighted by Crippen LogP contribution is 2.38. The smallest absolute Gasteiger partial charge is 0.182 e. The molecule has 1 fully saturated rings. The van der Waals surface area contributed by atoms with Gasteiger partial charge >= 0.3 is 0 Å². The van der Waals surface area contributed by atoms with Gasteiger partial charge in [-0.15, -0.1) is 10.2 Å². The molecule has 2 aromatic heterocycles. The zero-order chi connectivity index (χ0) is 22.9. The summed E-state index contributed by atoms with van der Waals surface area (Å²) in [4.78, 5) is 4.74. The van der Waals surface area contributed by atoms with Gasteiger partial charge in [0.25, 0.3) is 0 Å². The molecule has 0 amide bonds. The van der Waals surface area contributed by atoms with Gasteiger partial charge in [-0.2, -0.15) is 5.10 Å². The second-order valence-corrected chi connectivity index (χ2v) is 8.96. The molecule has 6 nitrogen and oxygen atoms in total. The Bertz CT molecular complexity index is 1280. The van der Waals surface area contributed by atoms with Gasteiger partial charge in [0, 0.05) is 43.9 Å². The molecular weight excluding hydrogens is 439 g/mol. The predicted molar refractivity (Wildman–Crippen MR) is 130 cm³/mol. The number of benzene rings is 2. The van der Waals surface area contributed by atoms with Gasteiger partial charge in [-0.1, -0.05) is 54.1 Å². The highest BCUT2D eigenvalue weighted by molar-refractivity contribution is 6.38. The molecule has 4 aromatic rings. The Kier molecular flexibility index (Phi) is 6.10. The molecule has 2 aromatic carbocycles. The van der Waals surface area contributed by atoms with E-state index >= 15 is 4.39 Å². The number of hydrogen-bond acceptors (Lipinski definition) is 5. The quantitative estimate of drug-likeness (QED) is 0.435. The molecule has 0 radical (unpaired) electrons. The Morgan fingerprint density at radius 3 is 2.42 bits per heavy atom. The fourth-order valence-electron chi connectivity index (χ4n) is 4.28. The van der Waals surface area contributed by atoms with Crippen molar-refractivity contribution >= 4 is 22.6 Å². The monoisotopic (exact) mass is 464 g/mol. The van der Waals surface area contributed by atoms with Gasteiger partial charge in [-0.3, -0.25) is 4.90 Å². The van der Waals surface area contributed by atoms with Gasteiger partial charge < -0.3 is 4.90 Å². The number of halogens is 2. The lowest BCUT2D eigenvalue weighted by atomic mass is 10.0. The molecule has 0 aliphatic carbocycles. The average molecular weight is 465 g/mol. The van der Waals surface area contributed by atoms with Crippen molar-refractivity contribution in [3.05, 3.63) is 64.9 Å². The first-order valence-electron chi connectivity index (χ1n) is 11.2. The maximum atomic E-state index is 15.2. The highest BCUT2D eigenvalue weighted by Gasteiger charge is 2.23. The van der Waals surface area contributed by atoms with Crippen LogP contribution in [-0.2, 0) is 6.54 Å². The van der Waals surface area contributed by atoms with Crippen molar-refractivity contribution in [3.63, 3.8) is 0 Å². The van der Waals surface area contributed by atoms with E-state index < -0.39 is 0 Å². The van der Waals surface area contributed by atoms with Crippen LogP contribution in [-0.4, -0.2) is 69.5 Å². The lowest BCUT2D eigenvalue weighted by molar-refractivity contribution is 0.149. The van der Waals surface area contributed by atoms with Crippen molar-refractivity contribution in [1.82, 2.24) is 29.8 Å². The number of fused-ring (bicyclic) bond motifs is 1. The minimum absolute atomic E-state index is 0.294. The van der Waals surface area contributed by atoms with Crippen LogP contribution in [0.4, 0.5) is 4.39 Å². The second kappa shape index (κ2) is 9.17. The van der Waals surface area contributed by atoms with Crippen LogP contribution in [0.1, 0.15) is 5.56 Å². The first kappa shape index (κ1) is 21.9. The molecule has 0 N–H and O–H groups in total. The summed E-state index contributed by atoms with van der Waals surface area (Å²) < 4.78 is 17.0. The summed E-state index contributed by atoms with van der Waals surface area (Å²) >= 11 is 6.91. The predicted octanol–water partition coefficient (Wildman–Crippen LogP) is 4.51. The third-order valence-corrected chi connectivity index (χ3v) is 6.68. The van der Waals surface area contributed by atoms with Crippen molar-refractivity contribution in [2.45, 2.75) is 13.5 Å². The van der Waals surface area contributed by atoms with E-state index in [9.17, 15) is 0 Å². The summed E-state index contributed by atoms with van der Waals surface area (Å²) in [6, 6.07) is 15.0. The van der Waals surface area contributed by atoms with Gasteiger partial charge in [0.15, 0.2) is 5.65 Å². The maximum Gasteiger partial charge on any atom is 0.182 e. The van der Waals surface area contributed by atoms with Crippen molar-refractivity contribution in [2.24, 2.45) is 0 Å². The maximum absolute atomic E-state index is 15.2. The molecular formula is C25H26ClFN6. The topological polar surface area (TPSA) is 50.1 Å². The molecule has 1 aliphatic rings. The second-order valence-electron chi connectivity index (χ2n) is 8.58. The molecule has 8 heteroatoms. The summed E-state index contributed by atoms with van der Waals surface area (Å²) in [5, 5.41) is 14.8. The zero-order valence-corrected chi connectivity index (χ0v) is 19.6. The van der Waals surface area contributed by atoms with Gasteiger partial charge in [-0.05, 0) is 25.6 Å². The van der Waals surface area contributed by atoms with Gasteiger partial charge in [0.05, 0.1) is 17.0 Å². The van der Waals surface area contributed by atoms with Crippen LogP contribution in [0.3, 0.4) is 0 Å². The third kappa shape index (κ3) is 4.24. The normalized spacial score (nSPS) is 15.4. The molecule has 170 valence electrons. The van der Waals surface area contributed by atoms with Crippen LogP contribution in [0, 0.1) is 12.7 Å².